The van der Waals surface area contributed by atoms with Crippen molar-refractivity contribution in [2.24, 2.45) is 0 Å². The van der Waals surface area contributed by atoms with Crippen molar-refractivity contribution >= 4 is 15.9 Å². The fraction of sp³-hybridized carbons (Fsp3) is 0.316. The van der Waals surface area contributed by atoms with Crippen molar-refractivity contribution in [2.45, 2.75) is 24.8 Å². The molecule has 0 aliphatic rings. The maximum atomic E-state index is 13.0. The minimum Gasteiger partial charge on any atom is -0.484 e. The maximum absolute atomic E-state index is 13.0. The summed E-state index contributed by atoms with van der Waals surface area (Å²) in [7, 11) is -0.605. The van der Waals surface area contributed by atoms with Crippen LogP contribution in [0.2, 0.25) is 0 Å². The van der Waals surface area contributed by atoms with E-state index in [2.05, 4.69) is 5.32 Å². The highest BCUT2D eigenvalue weighted by Gasteiger charge is 2.18. The lowest BCUT2D eigenvalue weighted by atomic mass is 10.1. The van der Waals surface area contributed by atoms with Crippen LogP contribution in [0.25, 0.3) is 0 Å². The molecule has 2 aromatic rings. The van der Waals surface area contributed by atoms with E-state index in [0.717, 1.165) is 9.87 Å². The third-order valence-electron chi connectivity index (χ3n) is 4.03. The molecule has 0 saturated heterocycles. The van der Waals surface area contributed by atoms with E-state index in [9.17, 15) is 17.6 Å². The lowest BCUT2D eigenvalue weighted by Gasteiger charge is -2.16. The minimum absolute atomic E-state index is 0.159. The van der Waals surface area contributed by atoms with Crippen LogP contribution in [0.5, 0.6) is 5.75 Å². The van der Waals surface area contributed by atoms with Crippen LogP contribution in [0.1, 0.15) is 24.1 Å². The summed E-state index contributed by atoms with van der Waals surface area (Å²) in [5, 5.41) is 2.77. The number of hydrogen-bond donors (Lipinski definition) is 1. The smallest absolute Gasteiger partial charge is 0.258 e. The molecule has 146 valence electrons. The summed E-state index contributed by atoms with van der Waals surface area (Å²) in [5.74, 6) is -0.246. The second-order valence-electron chi connectivity index (χ2n) is 6.34. The van der Waals surface area contributed by atoms with Gasteiger partial charge in [-0.3, -0.25) is 4.79 Å². The van der Waals surface area contributed by atoms with Gasteiger partial charge in [0.1, 0.15) is 11.6 Å². The zero-order chi connectivity index (χ0) is 20.2. The molecular formula is C19H23FN2O4S. The maximum Gasteiger partial charge on any atom is 0.258 e. The molecule has 2 rings (SSSR count). The average Bonchev–Trinajstić information content (AvgIpc) is 2.60. The van der Waals surface area contributed by atoms with E-state index in [4.69, 9.17) is 4.74 Å². The van der Waals surface area contributed by atoms with E-state index in [1.807, 2.05) is 0 Å². The summed E-state index contributed by atoms with van der Waals surface area (Å²) in [6.45, 7) is 3.28. The molecule has 0 saturated carbocycles. The Balaban J connectivity index is 1.98. The SMILES string of the molecule is Cc1cc(S(=O)(=O)N(C)C)ccc1OCC(=O)N[C@@H](C)c1ccc(F)cc1. The van der Waals surface area contributed by atoms with Crippen LogP contribution in [0, 0.1) is 12.7 Å². The Kier molecular flexibility index (Phi) is 6.56. The predicted molar refractivity (Wildman–Crippen MR) is 101 cm³/mol. The molecule has 0 aromatic heterocycles. The number of ether oxygens (including phenoxy) is 1. The standard InChI is InChI=1S/C19H23FN2O4S/c1-13-11-17(27(24,25)22(3)4)9-10-18(13)26-12-19(23)21-14(2)15-5-7-16(20)8-6-15/h5-11,14H,12H2,1-4H3,(H,21,23)/t14-/m0/s1. The molecule has 1 N–H and O–H groups in total. The van der Waals surface area contributed by atoms with Gasteiger partial charge in [-0.25, -0.2) is 17.1 Å². The number of benzene rings is 2. The largest absolute Gasteiger partial charge is 0.484 e. The molecule has 0 aliphatic heterocycles. The fourth-order valence-corrected chi connectivity index (χ4v) is 3.40. The molecule has 0 unspecified atom stereocenters. The van der Waals surface area contributed by atoms with Crippen LogP contribution in [0.15, 0.2) is 47.4 Å². The van der Waals surface area contributed by atoms with Gasteiger partial charge in [0.25, 0.3) is 5.91 Å². The number of nitrogens with one attached hydrogen (secondary N) is 1. The lowest BCUT2D eigenvalue weighted by Crippen LogP contribution is -2.31. The van der Waals surface area contributed by atoms with Crippen molar-refractivity contribution in [1.82, 2.24) is 9.62 Å². The Morgan fingerprint density at radius 3 is 2.37 bits per heavy atom. The molecule has 0 bridgehead atoms. The van der Waals surface area contributed by atoms with Gasteiger partial charge in [0.2, 0.25) is 10.0 Å². The number of rotatable bonds is 7. The summed E-state index contributed by atoms with van der Waals surface area (Å²) >= 11 is 0. The highest BCUT2D eigenvalue weighted by atomic mass is 32.2. The quantitative estimate of drug-likeness (QED) is 0.783. The van der Waals surface area contributed by atoms with Crippen LogP contribution in [-0.4, -0.2) is 39.3 Å². The van der Waals surface area contributed by atoms with E-state index in [1.165, 1.54) is 44.4 Å². The summed E-state index contributed by atoms with van der Waals surface area (Å²) in [6.07, 6.45) is 0. The first-order chi connectivity index (χ1) is 12.6. The van der Waals surface area contributed by atoms with E-state index in [0.29, 0.717) is 11.3 Å². The number of sulfonamides is 1. The molecule has 0 spiro atoms. The Labute approximate surface area is 159 Å². The number of carbonyl (C=O) groups is 1. The first kappa shape index (κ1) is 20.9. The molecular weight excluding hydrogens is 371 g/mol. The van der Waals surface area contributed by atoms with Crippen LogP contribution < -0.4 is 10.1 Å². The highest BCUT2D eigenvalue weighted by molar-refractivity contribution is 7.89. The summed E-state index contributed by atoms with van der Waals surface area (Å²) in [6, 6.07) is 10.1. The van der Waals surface area contributed by atoms with Gasteiger partial charge < -0.3 is 10.1 Å². The van der Waals surface area contributed by atoms with Crippen molar-refractivity contribution in [3.8, 4) is 5.75 Å². The van der Waals surface area contributed by atoms with Crippen molar-refractivity contribution < 1.29 is 22.3 Å². The second kappa shape index (κ2) is 8.49. The van der Waals surface area contributed by atoms with Crippen LogP contribution in [0.3, 0.4) is 0 Å². The van der Waals surface area contributed by atoms with Crippen LogP contribution in [-0.2, 0) is 14.8 Å². The van der Waals surface area contributed by atoms with Gasteiger partial charge in [-0.05, 0) is 55.3 Å². The van der Waals surface area contributed by atoms with E-state index >= 15 is 0 Å². The average molecular weight is 394 g/mol. The van der Waals surface area contributed by atoms with Gasteiger partial charge in [0.05, 0.1) is 10.9 Å². The third-order valence-corrected chi connectivity index (χ3v) is 5.84. The van der Waals surface area contributed by atoms with Crippen molar-refractivity contribution in [2.75, 3.05) is 20.7 Å². The third kappa shape index (κ3) is 5.27. The summed E-state index contributed by atoms with van der Waals surface area (Å²) in [5.41, 5.74) is 1.39. The summed E-state index contributed by atoms with van der Waals surface area (Å²) < 4.78 is 43.9. The predicted octanol–water partition coefficient (Wildman–Crippen LogP) is 2.64. The van der Waals surface area contributed by atoms with Gasteiger partial charge in [-0.2, -0.15) is 0 Å². The van der Waals surface area contributed by atoms with E-state index in [-0.39, 0.29) is 29.3 Å². The molecule has 2 aromatic carbocycles. The molecule has 1 atom stereocenters. The topological polar surface area (TPSA) is 75.7 Å². The first-order valence-electron chi connectivity index (χ1n) is 8.32. The number of hydrogen-bond acceptors (Lipinski definition) is 4. The Morgan fingerprint density at radius 1 is 1.19 bits per heavy atom. The molecule has 0 aliphatic carbocycles. The minimum atomic E-state index is -3.53. The fourth-order valence-electron chi connectivity index (χ4n) is 2.42. The van der Waals surface area contributed by atoms with E-state index < -0.39 is 10.0 Å². The number of halogens is 1. The Hall–Kier alpha value is -2.45. The lowest BCUT2D eigenvalue weighted by molar-refractivity contribution is -0.123. The monoisotopic (exact) mass is 394 g/mol. The van der Waals surface area contributed by atoms with Gasteiger partial charge in [0.15, 0.2) is 6.61 Å². The molecule has 0 radical (unpaired) electrons. The summed E-state index contributed by atoms with van der Waals surface area (Å²) in [4.78, 5) is 12.2. The second-order valence-corrected chi connectivity index (χ2v) is 8.50. The van der Waals surface area contributed by atoms with Crippen molar-refractivity contribution in [1.29, 1.82) is 0 Å². The van der Waals surface area contributed by atoms with Gasteiger partial charge >= 0.3 is 0 Å². The molecule has 6 nitrogen and oxygen atoms in total. The van der Waals surface area contributed by atoms with Gasteiger partial charge in [-0.1, -0.05) is 12.1 Å². The zero-order valence-electron chi connectivity index (χ0n) is 15.7. The number of carbonyl (C=O) groups excluding carboxylic acids is 1. The number of aryl methyl sites for hydroxylation is 1. The molecule has 1 amide bonds. The number of amides is 1. The van der Waals surface area contributed by atoms with Gasteiger partial charge in [0, 0.05) is 14.1 Å². The van der Waals surface area contributed by atoms with Crippen LogP contribution in [0.4, 0.5) is 4.39 Å². The zero-order valence-corrected chi connectivity index (χ0v) is 16.5. The Morgan fingerprint density at radius 2 is 1.81 bits per heavy atom. The molecule has 8 heteroatoms. The molecule has 0 fully saturated rings. The van der Waals surface area contributed by atoms with Crippen molar-refractivity contribution in [3.63, 3.8) is 0 Å². The highest BCUT2D eigenvalue weighted by Crippen LogP contribution is 2.23. The normalized spacial score (nSPS) is 12.7. The first-order valence-corrected chi connectivity index (χ1v) is 9.76. The van der Waals surface area contributed by atoms with Gasteiger partial charge in [-0.15, -0.1) is 0 Å². The Bertz CT molecular complexity index is 912. The number of nitrogens with zero attached hydrogens (tertiary/aromatic N) is 1. The molecule has 27 heavy (non-hydrogen) atoms. The van der Waals surface area contributed by atoms with Crippen molar-refractivity contribution in [3.05, 3.63) is 59.4 Å². The van der Waals surface area contributed by atoms with E-state index in [1.54, 1.807) is 26.0 Å². The molecule has 0 heterocycles. The van der Waals surface area contributed by atoms with Crippen LogP contribution >= 0.6 is 0 Å².